The number of carbonyl (C=O) groups is 1. The standard InChI is InChI=1S/C21H26N6O/c1-15-11-16(2)26(24-15)14-21(28)25-12-17(3)27-19(22-23-20(27)13-25)10-9-18-7-5-4-6-8-18/h4-8,11,17H,9-10,12-14H2,1-3H3/t17-/m0/s1. The van der Waals surface area contributed by atoms with Gasteiger partial charge in [-0.1, -0.05) is 30.3 Å². The largest absolute Gasteiger partial charge is 0.331 e. The van der Waals surface area contributed by atoms with E-state index in [1.54, 1.807) is 4.68 Å². The average Bonchev–Trinajstić information content (AvgIpc) is 3.23. The number of nitrogens with zero attached hydrogens (tertiary/aromatic N) is 6. The predicted molar refractivity (Wildman–Crippen MR) is 106 cm³/mol. The monoisotopic (exact) mass is 378 g/mol. The number of carbonyl (C=O) groups excluding carboxylic acids is 1. The van der Waals surface area contributed by atoms with Crippen molar-refractivity contribution in [3.8, 4) is 0 Å². The smallest absolute Gasteiger partial charge is 0.244 e. The third-order valence-electron chi connectivity index (χ3n) is 5.32. The molecule has 146 valence electrons. The Morgan fingerprint density at radius 2 is 1.93 bits per heavy atom. The van der Waals surface area contributed by atoms with Crippen LogP contribution in [-0.2, 0) is 30.7 Å². The Hall–Kier alpha value is -2.96. The molecule has 0 unspecified atom stereocenters. The molecular formula is C21H26N6O. The van der Waals surface area contributed by atoms with Crippen molar-refractivity contribution in [2.24, 2.45) is 0 Å². The molecule has 0 bridgehead atoms. The van der Waals surface area contributed by atoms with Crippen LogP contribution in [0.4, 0.5) is 0 Å². The minimum absolute atomic E-state index is 0.0677. The highest BCUT2D eigenvalue weighted by Gasteiger charge is 2.29. The molecule has 1 atom stereocenters. The number of aryl methyl sites for hydroxylation is 4. The van der Waals surface area contributed by atoms with Crippen molar-refractivity contribution in [1.82, 2.24) is 29.4 Å². The summed E-state index contributed by atoms with van der Waals surface area (Å²) >= 11 is 0. The van der Waals surface area contributed by atoms with E-state index in [0.29, 0.717) is 13.1 Å². The number of hydrogen-bond donors (Lipinski definition) is 0. The molecule has 2 aromatic heterocycles. The van der Waals surface area contributed by atoms with Gasteiger partial charge in [-0.15, -0.1) is 10.2 Å². The molecule has 0 fully saturated rings. The zero-order valence-corrected chi connectivity index (χ0v) is 16.7. The van der Waals surface area contributed by atoms with E-state index in [9.17, 15) is 4.79 Å². The Morgan fingerprint density at radius 3 is 2.64 bits per heavy atom. The van der Waals surface area contributed by atoms with Crippen LogP contribution in [0.5, 0.6) is 0 Å². The lowest BCUT2D eigenvalue weighted by Crippen LogP contribution is -2.42. The Labute approximate surface area is 165 Å². The van der Waals surface area contributed by atoms with E-state index in [4.69, 9.17) is 0 Å². The zero-order chi connectivity index (χ0) is 19.7. The van der Waals surface area contributed by atoms with E-state index in [1.165, 1.54) is 5.56 Å². The molecule has 0 radical (unpaired) electrons. The number of hydrogen-bond acceptors (Lipinski definition) is 4. The van der Waals surface area contributed by atoms with Gasteiger partial charge in [0.15, 0.2) is 5.82 Å². The van der Waals surface area contributed by atoms with Crippen molar-refractivity contribution in [2.75, 3.05) is 6.54 Å². The molecule has 0 spiro atoms. The molecule has 1 aliphatic heterocycles. The van der Waals surface area contributed by atoms with Gasteiger partial charge in [0, 0.05) is 18.7 Å². The van der Waals surface area contributed by atoms with Gasteiger partial charge < -0.3 is 9.47 Å². The summed E-state index contributed by atoms with van der Waals surface area (Å²) in [5.41, 5.74) is 3.23. The molecule has 4 rings (SSSR count). The minimum atomic E-state index is 0.0677. The van der Waals surface area contributed by atoms with E-state index < -0.39 is 0 Å². The molecule has 7 nitrogen and oxygen atoms in total. The summed E-state index contributed by atoms with van der Waals surface area (Å²) in [6.07, 6.45) is 1.79. The summed E-state index contributed by atoms with van der Waals surface area (Å²) in [4.78, 5) is 14.7. The quantitative estimate of drug-likeness (QED) is 0.684. The molecule has 7 heteroatoms. The third-order valence-corrected chi connectivity index (χ3v) is 5.32. The van der Waals surface area contributed by atoms with Gasteiger partial charge in [0.05, 0.1) is 18.3 Å². The van der Waals surface area contributed by atoms with Gasteiger partial charge in [-0.2, -0.15) is 5.10 Å². The second kappa shape index (κ2) is 7.58. The molecule has 3 aromatic rings. The maximum atomic E-state index is 12.8. The molecule has 1 amide bonds. The predicted octanol–water partition coefficient (Wildman–Crippen LogP) is 2.48. The molecule has 0 saturated heterocycles. The fraction of sp³-hybridized carbons (Fsp3) is 0.429. The van der Waals surface area contributed by atoms with Crippen LogP contribution in [0.1, 0.15) is 41.6 Å². The van der Waals surface area contributed by atoms with Crippen molar-refractivity contribution in [3.05, 3.63) is 65.0 Å². The first-order valence-corrected chi connectivity index (χ1v) is 9.76. The highest BCUT2D eigenvalue weighted by molar-refractivity contribution is 5.76. The SMILES string of the molecule is Cc1cc(C)n(CC(=O)N2Cc3nnc(CCc4ccccc4)n3[C@@H](C)C2)n1. The van der Waals surface area contributed by atoms with Crippen LogP contribution in [-0.4, -0.2) is 41.9 Å². The van der Waals surface area contributed by atoms with Crippen LogP contribution in [0.2, 0.25) is 0 Å². The Balaban J connectivity index is 1.45. The van der Waals surface area contributed by atoms with Gasteiger partial charge >= 0.3 is 0 Å². The topological polar surface area (TPSA) is 68.8 Å². The van der Waals surface area contributed by atoms with Crippen molar-refractivity contribution in [2.45, 2.75) is 52.7 Å². The van der Waals surface area contributed by atoms with Crippen LogP contribution < -0.4 is 0 Å². The maximum Gasteiger partial charge on any atom is 0.244 e. The summed E-state index contributed by atoms with van der Waals surface area (Å²) in [5.74, 6) is 1.93. The summed E-state index contributed by atoms with van der Waals surface area (Å²) in [5, 5.41) is 13.2. The maximum absolute atomic E-state index is 12.8. The number of fused-ring (bicyclic) bond motifs is 1. The summed E-state index contributed by atoms with van der Waals surface area (Å²) < 4.78 is 3.98. The van der Waals surface area contributed by atoms with E-state index in [1.807, 2.05) is 30.9 Å². The second-order valence-electron chi connectivity index (χ2n) is 7.60. The fourth-order valence-electron chi connectivity index (χ4n) is 3.94. The minimum Gasteiger partial charge on any atom is -0.331 e. The van der Waals surface area contributed by atoms with Crippen LogP contribution in [0, 0.1) is 13.8 Å². The lowest BCUT2D eigenvalue weighted by Gasteiger charge is -2.32. The van der Waals surface area contributed by atoms with Gasteiger partial charge in [0.2, 0.25) is 5.91 Å². The van der Waals surface area contributed by atoms with Gasteiger partial charge in [-0.25, -0.2) is 0 Å². The Kier molecular flexibility index (Phi) is 4.98. The molecular weight excluding hydrogens is 352 g/mol. The van der Waals surface area contributed by atoms with Gasteiger partial charge in [-0.3, -0.25) is 9.48 Å². The lowest BCUT2D eigenvalue weighted by molar-refractivity contribution is -0.134. The third kappa shape index (κ3) is 3.69. The van der Waals surface area contributed by atoms with Gasteiger partial charge in [0.25, 0.3) is 0 Å². The second-order valence-corrected chi connectivity index (χ2v) is 7.60. The van der Waals surface area contributed by atoms with E-state index in [2.05, 4.69) is 51.1 Å². The fourth-order valence-corrected chi connectivity index (χ4v) is 3.94. The van der Waals surface area contributed by atoms with Gasteiger partial charge in [-0.05, 0) is 38.8 Å². The van der Waals surface area contributed by atoms with Crippen molar-refractivity contribution in [1.29, 1.82) is 0 Å². The summed E-state index contributed by atoms with van der Waals surface area (Å²) in [6, 6.07) is 12.6. The molecule has 0 aliphatic carbocycles. The van der Waals surface area contributed by atoms with Crippen molar-refractivity contribution in [3.63, 3.8) is 0 Å². The number of rotatable bonds is 5. The van der Waals surface area contributed by atoms with Crippen molar-refractivity contribution >= 4 is 5.91 Å². The lowest BCUT2D eigenvalue weighted by atomic mass is 10.1. The molecule has 0 saturated carbocycles. The molecule has 1 aliphatic rings. The summed E-state index contributed by atoms with van der Waals surface area (Å²) in [6.45, 7) is 7.48. The number of benzene rings is 1. The van der Waals surface area contributed by atoms with E-state index >= 15 is 0 Å². The molecule has 3 heterocycles. The Morgan fingerprint density at radius 1 is 1.14 bits per heavy atom. The van der Waals surface area contributed by atoms with E-state index in [-0.39, 0.29) is 18.5 Å². The first-order chi connectivity index (χ1) is 13.5. The summed E-state index contributed by atoms with van der Waals surface area (Å²) in [7, 11) is 0. The molecule has 0 N–H and O–H groups in total. The first kappa shape index (κ1) is 18.4. The highest BCUT2D eigenvalue weighted by atomic mass is 16.2. The van der Waals surface area contributed by atoms with E-state index in [0.717, 1.165) is 35.9 Å². The first-order valence-electron chi connectivity index (χ1n) is 9.76. The highest BCUT2D eigenvalue weighted by Crippen LogP contribution is 2.22. The van der Waals surface area contributed by atoms with Crippen LogP contribution in [0.25, 0.3) is 0 Å². The zero-order valence-electron chi connectivity index (χ0n) is 16.7. The van der Waals surface area contributed by atoms with Crippen LogP contribution in [0.3, 0.4) is 0 Å². The van der Waals surface area contributed by atoms with Crippen LogP contribution >= 0.6 is 0 Å². The molecule has 28 heavy (non-hydrogen) atoms. The number of aromatic nitrogens is 5. The van der Waals surface area contributed by atoms with Crippen molar-refractivity contribution < 1.29 is 4.79 Å². The Bertz CT molecular complexity index is 974. The average molecular weight is 378 g/mol. The normalized spacial score (nSPS) is 16.2. The van der Waals surface area contributed by atoms with Crippen LogP contribution in [0.15, 0.2) is 36.4 Å². The molecule has 1 aromatic carbocycles. The van der Waals surface area contributed by atoms with Gasteiger partial charge in [0.1, 0.15) is 12.4 Å². The number of amides is 1.